The van der Waals surface area contributed by atoms with Crippen LogP contribution in [0.3, 0.4) is 0 Å². The topological polar surface area (TPSA) is 107 Å². The maximum Gasteiger partial charge on any atom is 0.225 e. The highest BCUT2D eigenvalue weighted by atomic mass is 35.5. The summed E-state index contributed by atoms with van der Waals surface area (Å²) in [4.78, 5) is 14.8. The Hall–Kier alpha value is -4.91. The van der Waals surface area contributed by atoms with Crippen LogP contribution in [0.1, 0.15) is 36.1 Å². The van der Waals surface area contributed by atoms with Crippen LogP contribution < -0.4 is 10.1 Å². The molecule has 0 saturated carbocycles. The van der Waals surface area contributed by atoms with Crippen LogP contribution in [0.15, 0.2) is 97.7 Å². The molecule has 13 heteroatoms. The van der Waals surface area contributed by atoms with Gasteiger partial charge in [0.1, 0.15) is 47.2 Å². The van der Waals surface area contributed by atoms with E-state index in [2.05, 4.69) is 20.3 Å². The fraction of sp³-hybridized carbons (Fsp3) is 0.222. The van der Waals surface area contributed by atoms with Gasteiger partial charge in [-0.15, -0.1) is 0 Å². The summed E-state index contributed by atoms with van der Waals surface area (Å²) < 4.78 is 64.3. The molecule has 2 aromatic heterocycles. The summed E-state index contributed by atoms with van der Waals surface area (Å²) in [5, 5.41) is 4.16. The Bertz CT molecular complexity index is 2100. The number of nitrogens with zero attached hydrogens (tertiary/aromatic N) is 4. The zero-order valence-corrected chi connectivity index (χ0v) is 27.8. The fourth-order valence-corrected chi connectivity index (χ4v) is 6.48. The number of rotatable bonds is 14. The maximum atomic E-state index is 15.8. The fourth-order valence-electron chi connectivity index (χ4n) is 5.79. The molecule has 3 heterocycles. The lowest BCUT2D eigenvalue weighted by Crippen LogP contribution is -2.31. The highest BCUT2D eigenvalue weighted by Crippen LogP contribution is 2.42. The average Bonchev–Trinajstić information content (AvgIpc) is 3.56. The van der Waals surface area contributed by atoms with Gasteiger partial charge in [-0.2, -0.15) is 8.42 Å². The summed E-state index contributed by atoms with van der Waals surface area (Å²) in [7, 11) is -2.38. The first kappa shape index (κ1) is 34.0. The Morgan fingerprint density at radius 2 is 1.92 bits per heavy atom. The SMILES string of the molecule is O=S(=O)=CN(CCCC1(c2cc3c(Nc4ccc(OCc5cccc(F)c5)c(Cl)c4)ncnc3cc2F)CC=CO1)CCc1ccccn1. The lowest BCUT2D eigenvalue weighted by atomic mass is 9.85. The minimum absolute atomic E-state index is 0.146. The minimum Gasteiger partial charge on any atom is -0.490 e. The zero-order chi connectivity index (χ0) is 34.2. The van der Waals surface area contributed by atoms with E-state index >= 15 is 4.39 Å². The van der Waals surface area contributed by atoms with Crippen molar-refractivity contribution >= 4 is 49.8 Å². The number of hydrogen-bond donors (Lipinski definition) is 1. The van der Waals surface area contributed by atoms with Gasteiger partial charge >= 0.3 is 0 Å². The summed E-state index contributed by atoms with van der Waals surface area (Å²) >= 11 is 6.52. The molecule has 0 aliphatic carbocycles. The lowest BCUT2D eigenvalue weighted by Gasteiger charge is -2.31. The van der Waals surface area contributed by atoms with Gasteiger partial charge in [-0.3, -0.25) is 9.88 Å². The van der Waals surface area contributed by atoms with E-state index in [0.717, 1.165) is 5.69 Å². The first-order valence-corrected chi connectivity index (χ1v) is 17.1. The van der Waals surface area contributed by atoms with E-state index < -0.39 is 21.7 Å². The van der Waals surface area contributed by atoms with E-state index in [1.54, 1.807) is 53.8 Å². The predicted octanol–water partition coefficient (Wildman–Crippen LogP) is 7.37. The first-order valence-electron chi connectivity index (χ1n) is 15.6. The van der Waals surface area contributed by atoms with Gasteiger partial charge in [0.2, 0.25) is 10.3 Å². The summed E-state index contributed by atoms with van der Waals surface area (Å²) in [6, 6.07) is 20.0. The summed E-state index contributed by atoms with van der Waals surface area (Å²) in [5.41, 5.74) is 3.05. The maximum absolute atomic E-state index is 15.8. The molecule has 0 saturated heterocycles. The predicted molar refractivity (Wildman–Crippen MR) is 185 cm³/mol. The van der Waals surface area contributed by atoms with Crippen molar-refractivity contribution in [2.75, 3.05) is 18.4 Å². The molecule has 6 rings (SSSR count). The van der Waals surface area contributed by atoms with Crippen LogP contribution in [-0.2, 0) is 33.7 Å². The molecule has 1 aliphatic heterocycles. The normalized spacial score (nSPS) is 15.3. The van der Waals surface area contributed by atoms with Gasteiger partial charge in [0.05, 0.1) is 16.8 Å². The van der Waals surface area contributed by atoms with Crippen LogP contribution in [0.25, 0.3) is 10.9 Å². The average molecular weight is 704 g/mol. The third kappa shape index (κ3) is 8.58. The molecule has 1 N–H and O–H groups in total. The highest BCUT2D eigenvalue weighted by Gasteiger charge is 2.38. The van der Waals surface area contributed by atoms with Crippen LogP contribution in [-0.4, -0.2) is 46.9 Å². The van der Waals surface area contributed by atoms with Crippen molar-refractivity contribution in [3.05, 3.63) is 131 Å². The molecule has 9 nitrogen and oxygen atoms in total. The van der Waals surface area contributed by atoms with Crippen molar-refractivity contribution in [1.29, 1.82) is 0 Å². The number of aromatic nitrogens is 3. The molecule has 0 fully saturated rings. The molecule has 1 aliphatic rings. The molecule has 0 amide bonds. The number of hydrogen-bond acceptors (Lipinski definition) is 8. The standard InChI is InChI=1S/C36H32ClF2N5O4S/c37-31-19-28(9-10-34(31)47-22-25-6-3-7-26(38)18-25)43-35-29-20-30(32(39)21-33(29)41-23-42-35)36(13-5-17-48-36)12-4-15-44(24-49(45)46)16-11-27-8-1-2-14-40-27/h1-3,5-10,14,17-21,23-24H,4,11-13,15-16,22H2,(H,41,42,43). The second kappa shape index (κ2) is 15.5. The summed E-state index contributed by atoms with van der Waals surface area (Å²) in [6.45, 7) is 1.02. The molecule has 0 bridgehead atoms. The van der Waals surface area contributed by atoms with Gasteiger partial charge in [0, 0.05) is 60.5 Å². The van der Waals surface area contributed by atoms with Crippen molar-refractivity contribution in [2.24, 2.45) is 0 Å². The van der Waals surface area contributed by atoms with E-state index in [1.165, 1.54) is 30.0 Å². The quantitative estimate of drug-likeness (QED) is 0.119. The van der Waals surface area contributed by atoms with E-state index in [4.69, 9.17) is 21.1 Å². The minimum atomic E-state index is -2.38. The third-order valence-electron chi connectivity index (χ3n) is 8.17. The summed E-state index contributed by atoms with van der Waals surface area (Å²) in [5.74, 6) is 0.0458. The van der Waals surface area contributed by atoms with E-state index in [-0.39, 0.29) is 12.4 Å². The van der Waals surface area contributed by atoms with Crippen LogP contribution in [0.5, 0.6) is 5.75 Å². The van der Waals surface area contributed by atoms with Gasteiger partial charge in [-0.1, -0.05) is 29.8 Å². The van der Waals surface area contributed by atoms with Crippen LogP contribution in [0.4, 0.5) is 20.3 Å². The van der Waals surface area contributed by atoms with Crippen molar-refractivity contribution in [3.63, 3.8) is 0 Å². The Morgan fingerprint density at radius 1 is 1.02 bits per heavy atom. The Labute approximate surface area is 288 Å². The van der Waals surface area contributed by atoms with Gasteiger partial charge < -0.3 is 14.8 Å². The number of anilines is 2. The number of fused-ring (bicyclic) bond motifs is 1. The van der Waals surface area contributed by atoms with E-state index in [0.29, 0.717) is 83.1 Å². The van der Waals surface area contributed by atoms with Crippen LogP contribution in [0, 0.1) is 11.6 Å². The molecule has 1 atom stereocenters. The van der Waals surface area contributed by atoms with Crippen molar-refractivity contribution in [2.45, 2.75) is 37.9 Å². The van der Waals surface area contributed by atoms with Crippen molar-refractivity contribution in [3.8, 4) is 5.75 Å². The Morgan fingerprint density at radius 3 is 2.67 bits per heavy atom. The molecule has 5 aromatic rings. The lowest BCUT2D eigenvalue weighted by molar-refractivity contribution is 0.0260. The monoisotopic (exact) mass is 703 g/mol. The van der Waals surface area contributed by atoms with Crippen LogP contribution >= 0.6 is 11.6 Å². The van der Waals surface area contributed by atoms with Crippen molar-refractivity contribution < 1.29 is 26.7 Å². The Balaban J connectivity index is 1.19. The Kier molecular flexibility index (Phi) is 10.8. The molecule has 3 aromatic carbocycles. The van der Waals surface area contributed by atoms with Crippen LogP contribution in [0.2, 0.25) is 5.02 Å². The van der Waals surface area contributed by atoms with Crippen molar-refractivity contribution in [1.82, 2.24) is 19.9 Å². The molecule has 252 valence electrons. The third-order valence-corrected chi connectivity index (χ3v) is 8.94. The second-order valence-corrected chi connectivity index (χ2v) is 12.7. The first-order chi connectivity index (χ1) is 23.8. The molecule has 0 radical (unpaired) electrons. The molecular weight excluding hydrogens is 672 g/mol. The number of nitrogens with one attached hydrogen (secondary N) is 1. The largest absolute Gasteiger partial charge is 0.490 e. The van der Waals surface area contributed by atoms with Gasteiger partial charge in [-0.05, 0) is 73.0 Å². The van der Waals surface area contributed by atoms with E-state index in [9.17, 15) is 12.8 Å². The van der Waals surface area contributed by atoms with Gasteiger partial charge in [0.15, 0.2) is 0 Å². The molecule has 49 heavy (non-hydrogen) atoms. The second-order valence-electron chi connectivity index (χ2n) is 11.5. The smallest absolute Gasteiger partial charge is 0.225 e. The highest BCUT2D eigenvalue weighted by molar-refractivity contribution is 7.71. The van der Waals surface area contributed by atoms with E-state index in [1.807, 2.05) is 24.3 Å². The van der Waals surface area contributed by atoms with Gasteiger partial charge in [-0.25, -0.2) is 18.7 Å². The number of ether oxygens (including phenoxy) is 2. The molecular formula is C36H32ClF2N5O4S. The molecule has 0 spiro atoms. The molecule has 1 unspecified atom stereocenters. The number of benzene rings is 3. The number of halogens is 3. The zero-order valence-electron chi connectivity index (χ0n) is 26.2. The number of pyridine rings is 1. The van der Waals surface area contributed by atoms with Gasteiger partial charge in [0.25, 0.3) is 0 Å². The summed E-state index contributed by atoms with van der Waals surface area (Å²) in [6.07, 6.45) is 8.42.